The lowest BCUT2D eigenvalue weighted by atomic mass is 9.88. The van der Waals surface area contributed by atoms with E-state index >= 15 is 0 Å². The Labute approximate surface area is 122 Å². The van der Waals surface area contributed by atoms with Crippen LogP contribution in [0, 0.1) is 0 Å². The number of hydrogen-bond acceptors (Lipinski definition) is 2. The van der Waals surface area contributed by atoms with Gasteiger partial charge in [0.1, 0.15) is 17.6 Å². The number of ether oxygens (including phenoxy) is 2. The number of benzene rings is 2. The highest BCUT2D eigenvalue weighted by Crippen LogP contribution is 2.44. The topological polar surface area (TPSA) is 18.5 Å². The molecule has 1 aliphatic heterocycles. The molecular weight excluding hydrogens is 272 g/mol. The first-order valence-electron chi connectivity index (χ1n) is 6.60. The molecule has 2 aromatic carbocycles. The molecule has 2 aromatic rings. The Morgan fingerprint density at radius 1 is 1.20 bits per heavy atom. The molecule has 2 nitrogen and oxygen atoms in total. The molecule has 4 rings (SSSR count). The Kier molecular flexibility index (Phi) is 2.54. The number of halogens is 1. The molecule has 0 saturated carbocycles. The fourth-order valence-electron chi connectivity index (χ4n) is 2.94. The van der Waals surface area contributed by atoms with E-state index in [4.69, 9.17) is 21.1 Å². The zero-order valence-corrected chi connectivity index (χ0v) is 11.8. The van der Waals surface area contributed by atoms with Crippen molar-refractivity contribution in [2.24, 2.45) is 0 Å². The van der Waals surface area contributed by atoms with Crippen LogP contribution in [0.5, 0.6) is 11.5 Å². The van der Waals surface area contributed by atoms with E-state index in [9.17, 15) is 0 Å². The molecule has 0 fully saturated rings. The van der Waals surface area contributed by atoms with Crippen LogP contribution in [-0.4, -0.2) is 13.2 Å². The monoisotopic (exact) mass is 284 g/mol. The average Bonchev–Trinajstić information content (AvgIpc) is 2.80. The van der Waals surface area contributed by atoms with Gasteiger partial charge in [-0.1, -0.05) is 17.7 Å². The average molecular weight is 285 g/mol. The van der Waals surface area contributed by atoms with Crippen LogP contribution in [0.3, 0.4) is 0 Å². The largest absolute Gasteiger partial charge is 0.497 e. The second-order valence-corrected chi connectivity index (χ2v) is 5.55. The summed E-state index contributed by atoms with van der Waals surface area (Å²) in [7, 11) is 1.69. The van der Waals surface area contributed by atoms with Crippen molar-refractivity contribution in [3.8, 4) is 11.5 Å². The van der Waals surface area contributed by atoms with Crippen LogP contribution in [-0.2, 0) is 6.42 Å². The lowest BCUT2D eigenvalue weighted by Gasteiger charge is -2.20. The van der Waals surface area contributed by atoms with Crippen LogP contribution in [0.15, 0.2) is 36.4 Å². The highest BCUT2D eigenvalue weighted by Gasteiger charge is 2.32. The van der Waals surface area contributed by atoms with Gasteiger partial charge in [0.2, 0.25) is 0 Å². The van der Waals surface area contributed by atoms with Gasteiger partial charge < -0.3 is 9.47 Å². The van der Waals surface area contributed by atoms with E-state index in [-0.39, 0.29) is 6.10 Å². The van der Waals surface area contributed by atoms with Gasteiger partial charge in [-0.2, -0.15) is 0 Å². The molecule has 0 N–H and O–H groups in total. The van der Waals surface area contributed by atoms with Crippen LogP contribution in [0.2, 0.25) is 5.02 Å². The molecule has 0 amide bonds. The Morgan fingerprint density at radius 2 is 2.10 bits per heavy atom. The van der Waals surface area contributed by atoms with Gasteiger partial charge in [0, 0.05) is 22.6 Å². The number of hydrogen-bond donors (Lipinski definition) is 0. The third kappa shape index (κ3) is 1.72. The van der Waals surface area contributed by atoms with Gasteiger partial charge in [-0.25, -0.2) is 0 Å². The van der Waals surface area contributed by atoms with E-state index in [2.05, 4.69) is 18.2 Å². The van der Waals surface area contributed by atoms with E-state index in [1.54, 1.807) is 7.11 Å². The van der Waals surface area contributed by atoms with E-state index in [0.717, 1.165) is 23.5 Å². The van der Waals surface area contributed by atoms with Crippen molar-refractivity contribution in [2.45, 2.75) is 12.5 Å². The van der Waals surface area contributed by atoms with Crippen molar-refractivity contribution in [3.63, 3.8) is 0 Å². The summed E-state index contributed by atoms with van der Waals surface area (Å²) in [6.07, 6.45) is 3.16. The maximum atomic E-state index is 6.03. The summed E-state index contributed by atoms with van der Waals surface area (Å²) in [6, 6.07) is 12.0. The summed E-state index contributed by atoms with van der Waals surface area (Å²) in [4.78, 5) is 0. The summed E-state index contributed by atoms with van der Waals surface area (Å²) >= 11 is 6.03. The maximum absolute atomic E-state index is 6.03. The molecule has 0 aromatic heterocycles. The first-order chi connectivity index (χ1) is 9.74. The molecule has 3 heteroatoms. The highest BCUT2D eigenvalue weighted by molar-refractivity contribution is 6.30. The second-order valence-electron chi connectivity index (χ2n) is 5.12. The minimum atomic E-state index is 0.0862. The third-order valence-electron chi connectivity index (χ3n) is 3.94. The molecule has 0 saturated heterocycles. The van der Waals surface area contributed by atoms with Crippen molar-refractivity contribution in [3.05, 3.63) is 58.1 Å². The molecule has 1 unspecified atom stereocenters. The predicted octanol–water partition coefficient (Wildman–Crippen LogP) is 4.21. The predicted molar refractivity (Wildman–Crippen MR) is 80.4 cm³/mol. The second kappa shape index (κ2) is 4.29. The van der Waals surface area contributed by atoms with Gasteiger partial charge in [-0.3, -0.25) is 0 Å². The Balaban J connectivity index is 1.82. The first kappa shape index (κ1) is 11.9. The minimum Gasteiger partial charge on any atom is -0.497 e. The summed E-state index contributed by atoms with van der Waals surface area (Å²) in [5.74, 6) is 1.77. The first-order valence-corrected chi connectivity index (χ1v) is 6.97. The molecule has 1 heterocycles. The van der Waals surface area contributed by atoms with Crippen LogP contribution in [0.1, 0.15) is 16.7 Å². The molecule has 0 radical (unpaired) electrons. The van der Waals surface area contributed by atoms with Crippen LogP contribution < -0.4 is 9.47 Å². The van der Waals surface area contributed by atoms with Gasteiger partial charge in [0.15, 0.2) is 0 Å². The Hall–Kier alpha value is -1.93. The molecule has 20 heavy (non-hydrogen) atoms. The third-order valence-corrected chi connectivity index (χ3v) is 4.17. The number of methoxy groups -OCH3 is 1. The Morgan fingerprint density at radius 3 is 2.95 bits per heavy atom. The highest BCUT2D eigenvalue weighted by atomic mass is 35.5. The van der Waals surface area contributed by atoms with Gasteiger partial charge in [-0.05, 0) is 47.5 Å². The zero-order valence-electron chi connectivity index (χ0n) is 11.0. The van der Waals surface area contributed by atoms with E-state index in [0.29, 0.717) is 5.02 Å². The van der Waals surface area contributed by atoms with Gasteiger partial charge in [-0.15, -0.1) is 0 Å². The molecular formula is C17H13ClO2. The lowest BCUT2D eigenvalue weighted by Crippen LogP contribution is -2.19. The smallest absolute Gasteiger partial charge is 0.129 e. The fraction of sp³-hybridized carbons (Fsp3) is 0.176. The van der Waals surface area contributed by atoms with Crippen LogP contribution >= 0.6 is 11.6 Å². The zero-order chi connectivity index (χ0) is 13.7. The molecule has 100 valence electrons. The van der Waals surface area contributed by atoms with E-state index in [1.807, 2.05) is 24.3 Å². The van der Waals surface area contributed by atoms with Crippen molar-refractivity contribution in [2.75, 3.05) is 7.11 Å². The normalized spacial score (nSPS) is 18.5. The van der Waals surface area contributed by atoms with Crippen molar-refractivity contribution in [1.82, 2.24) is 0 Å². The van der Waals surface area contributed by atoms with Crippen molar-refractivity contribution < 1.29 is 9.47 Å². The summed E-state index contributed by atoms with van der Waals surface area (Å²) in [5, 5.41) is 0.710. The van der Waals surface area contributed by atoms with Crippen molar-refractivity contribution in [1.29, 1.82) is 0 Å². The van der Waals surface area contributed by atoms with Crippen LogP contribution in [0.4, 0.5) is 0 Å². The van der Waals surface area contributed by atoms with E-state index in [1.165, 1.54) is 16.7 Å². The molecule has 0 bridgehead atoms. The van der Waals surface area contributed by atoms with E-state index < -0.39 is 0 Å². The lowest BCUT2D eigenvalue weighted by molar-refractivity contribution is 0.275. The van der Waals surface area contributed by atoms with Crippen molar-refractivity contribution >= 4 is 23.3 Å². The molecule has 2 aliphatic rings. The molecule has 1 aliphatic carbocycles. The maximum Gasteiger partial charge on any atom is 0.129 e. The quantitative estimate of drug-likeness (QED) is 0.781. The molecule has 1 atom stereocenters. The Bertz CT molecular complexity index is 734. The minimum absolute atomic E-state index is 0.0862. The number of rotatable bonds is 1. The molecule has 0 spiro atoms. The summed E-state index contributed by atoms with van der Waals surface area (Å²) in [6.45, 7) is 0. The fourth-order valence-corrected chi connectivity index (χ4v) is 3.10. The standard InChI is InChI=1S/C17H13ClO2/c1-19-13-4-2-10-7-15-14-5-3-12(18)9-17(14)20-16(15)8-11(10)6-13/h2-7,9,16H,8H2,1H3. The van der Waals surface area contributed by atoms with Crippen LogP contribution in [0.25, 0.3) is 11.6 Å². The van der Waals surface area contributed by atoms with Gasteiger partial charge >= 0.3 is 0 Å². The van der Waals surface area contributed by atoms with Gasteiger partial charge in [0.05, 0.1) is 7.11 Å². The number of fused-ring (bicyclic) bond motifs is 4. The summed E-state index contributed by atoms with van der Waals surface area (Å²) < 4.78 is 11.3. The SMILES string of the molecule is COc1ccc2c(c1)CC1Oc3cc(Cl)ccc3C1=C2. The summed E-state index contributed by atoms with van der Waals surface area (Å²) in [5.41, 5.74) is 4.90. The van der Waals surface area contributed by atoms with Gasteiger partial charge in [0.25, 0.3) is 0 Å².